The van der Waals surface area contributed by atoms with E-state index in [9.17, 15) is 9.59 Å². The number of esters is 1. The number of hydrogen-bond acceptors (Lipinski definition) is 7. The average Bonchev–Trinajstić information content (AvgIpc) is 3.41. The van der Waals surface area contributed by atoms with E-state index < -0.39 is 12.0 Å². The van der Waals surface area contributed by atoms with Crippen LogP contribution < -0.4 is 19.6 Å². The van der Waals surface area contributed by atoms with E-state index in [1.54, 1.807) is 68.2 Å². The first-order valence-corrected chi connectivity index (χ1v) is 10.9. The van der Waals surface area contributed by atoms with Crippen LogP contribution in [0.15, 0.2) is 74.2 Å². The number of rotatable bonds is 6. The number of carbonyl (C=O) groups is 1. The van der Waals surface area contributed by atoms with Crippen molar-refractivity contribution in [3.63, 3.8) is 0 Å². The first-order chi connectivity index (χ1) is 15.5. The molecule has 7 nitrogen and oxygen atoms in total. The van der Waals surface area contributed by atoms with Gasteiger partial charge in [0.25, 0.3) is 5.56 Å². The molecular formula is C24H22N2O5S. The molecule has 8 heteroatoms. The Balaban J connectivity index is 1.86. The lowest BCUT2D eigenvalue weighted by atomic mass is 9.96. The Morgan fingerprint density at radius 3 is 2.72 bits per heavy atom. The van der Waals surface area contributed by atoms with Crippen LogP contribution in [0.3, 0.4) is 0 Å². The number of ether oxygens (including phenoxy) is 2. The average molecular weight is 451 g/mol. The zero-order chi connectivity index (χ0) is 22.7. The molecule has 32 heavy (non-hydrogen) atoms. The number of nitrogens with zero attached hydrogens (tertiary/aromatic N) is 2. The fraction of sp³-hybridized carbons (Fsp3) is 0.208. The largest absolute Gasteiger partial charge is 0.497 e. The zero-order valence-corrected chi connectivity index (χ0v) is 18.7. The van der Waals surface area contributed by atoms with Crippen molar-refractivity contribution in [1.29, 1.82) is 0 Å². The number of carbonyl (C=O) groups excluding carboxylic acids is 1. The van der Waals surface area contributed by atoms with Gasteiger partial charge >= 0.3 is 5.97 Å². The summed E-state index contributed by atoms with van der Waals surface area (Å²) in [5.41, 5.74) is 1.42. The summed E-state index contributed by atoms with van der Waals surface area (Å²) >= 11 is 1.27. The van der Waals surface area contributed by atoms with E-state index in [1.807, 2.05) is 18.2 Å². The minimum absolute atomic E-state index is 0.229. The van der Waals surface area contributed by atoms with E-state index >= 15 is 0 Å². The van der Waals surface area contributed by atoms with Gasteiger partial charge < -0.3 is 13.9 Å². The molecule has 3 heterocycles. The lowest BCUT2D eigenvalue weighted by molar-refractivity contribution is -0.139. The maximum Gasteiger partial charge on any atom is 0.338 e. The summed E-state index contributed by atoms with van der Waals surface area (Å²) in [6, 6.07) is 10.3. The van der Waals surface area contributed by atoms with Gasteiger partial charge in [0.05, 0.1) is 41.8 Å². The van der Waals surface area contributed by atoms with Crippen LogP contribution in [0.4, 0.5) is 0 Å². The Labute approximate surface area is 188 Å². The Hall–Kier alpha value is -3.65. The predicted octanol–water partition coefficient (Wildman–Crippen LogP) is 3.07. The molecule has 0 saturated carbocycles. The molecule has 0 amide bonds. The van der Waals surface area contributed by atoms with Gasteiger partial charge in [0.2, 0.25) is 0 Å². The Bertz CT molecular complexity index is 1360. The Morgan fingerprint density at radius 2 is 2.06 bits per heavy atom. The highest BCUT2D eigenvalue weighted by molar-refractivity contribution is 7.07. The van der Waals surface area contributed by atoms with E-state index in [-0.39, 0.29) is 12.2 Å². The molecule has 164 valence electrons. The molecular weight excluding hydrogens is 428 g/mol. The van der Waals surface area contributed by atoms with Crippen LogP contribution in [0, 0.1) is 0 Å². The number of hydrogen-bond donors (Lipinski definition) is 0. The molecule has 0 N–H and O–H groups in total. The van der Waals surface area contributed by atoms with Crippen molar-refractivity contribution in [3.05, 3.63) is 91.0 Å². The highest BCUT2D eigenvalue weighted by Crippen LogP contribution is 2.31. The Kier molecular flexibility index (Phi) is 6.23. The number of benzene rings is 1. The summed E-state index contributed by atoms with van der Waals surface area (Å²) in [5.74, 6) is 0.884. The van der Waals surface area contributed by atoms with E-state index in [0.717, 1.165) is 5.56 Å². The van der Waals surface area contributed by atoms with Crippen LogP contribution in [-0.4, -0.2) is 24.3 Å². The third-order valence-corrected chi connectivity index (χ3v) is 6.00. The van der Waals surface area contributed by atoms with E-state index in [0.29, 0.717) is 32.1 Å². The standard InChI is InChI=1S/C24H22N2O5S/c1-4-30-23(28)20-15(2)25-24-26(21(20)16-10-12-17(29-3)13-11-16)22(27)19(32-24)9-5-7-18-8-6-14-31-18/h5-14,21H,4H2,1-3H3/b7-5+,19-9-. The van der Waals surface area contributed by atoms with Gasteiger partial charge in [-0.15, -0.1) is 0 Å². The maximum absolute atomic E-state index is 13.4. The summed E-state index contributed by atoms with van der Waals surface area (Å²) in [4.78, 5) is 31.3. The molecule has 0 fully saturated rings. The van der Waals surface area contributed by atoms with Crippen molar-refractivity contribution in [3.8, 4) is 5.75 Å². The molecule has 1 aliphatic rings. The molecule has 1 atom stereocenters. The molecule has 2 aromatic heterocycles. The number of allylic oxidation sites excluding steroid dienone is 2. The topological polar surface area (TPSA) is 83.0 Å². The lowest BCUT2D eigenvalue weighted by Gasteiger charge is -2.24. The predicted molar refractivity (Wildman–Crippen MR) is 122 cm³/mol. The van der Waals surface area contributed by atoms with Gasteiger partial charge in [0.15, 0.2) is 4.80 Å². The van der Waals surface area contributed by atoms with Gasteiger partial charge in [-0.3, -0.25) is 9.36 Å². The molecule has 0 spiro atoms. The van der Waals surface area contributed by atoms with Crippen molar-refractivity contribution >= 4 is 29.5 Å². The Morgan fingerprint density at radius 1 is 1.28 bits per heavy atom. The molecule has 0 bridgehead atoms. The monoisotopic (exact) mass is 450 g/mol. The molecule has 1 aromatic carbocycles. The number of fused-ring (bicyclic) bond motifs is 1. The molecule has 0 radical (unpaired) electrons. The smallest absolute Gasteiger partial charge is 0.338 e. The summed E-state index contributed by atoms with van der Waals surface area (Å²) < 4.78 is 17.9. The van der Waals surface area contributed by atoms with Gasteiger partial charge in [0.1, 0.15) is 11.5 Å². The fourth-order valence-electron chi connectivity index (χ4n) is 3.52. The zero-order valence-electron chi connectivity index (χ0n) is 17.9. The third kappa shape index (κ3) is 4.09. The van der Waals surface area contributed by atoms with Gasteiger partial charge in [-0.25, -0.2) is 9.79 Å². The minimum Gasteiger partial charge on any atom is -0.497 e. The number of aromatic nitrogens is 1. The molecule has 3 aromatic rings. The maximum atomic E-state index is 13.4. The molecule has 0 saturated heterocycles. The van der Waals surface area contributed by atoms with Crippen molar-refractivity contribution < 1.29 is 18.7 Å². The lowest BCUT2D eigenvalue weighted by Crippen LogP contribution is -2.39. The highest BCUT2D eigenvalue weighted by Gasteiger charge is 2.33. The van der Waals surface area contributed by atoms with Crippen LogP contribution >= 0.6 is 11.3 Å². The van der Waals surface area contributed by atoms with Gasteiger partial charge in [-0.2, -0.15) is 0 Å². The first-order valence-electron chi connectivity index (χ1n) is 10.1. The van der Waals surface area contributed by atoms with Gasteiger partial charge in [-0.05, 0) is 55.8 Å². The SMILES string of the molecule is CCOC(=O)C1=C(C)N=c2s/c(=C\C=C\c3ccco3)c(=O)n2C1c1ccc(OC)cc1. The third-order valence-electron chi connectivity index (χ3n) is 5.00. The molecule has 1 aliphatic heterocycles. The van der Waals surface area contributed by atoms with Crippen LogP contribution in [0.5, 0.6) is 5.75 Å². The second kappa shape index (κ2) is 9.23. The number of thiazole rings is 1. The summed E-state index contributed by atoms with van der Waals surface area (Å²) in [5, 5.41) is 0. The summed E-state index contributed by atoms with van der Waals surface area (Å²) in [6.07, 6.45) is 6.84. The fourth-order valence-corrected chi connectivity index (χ4v) is 4.52. The number of methoxy groups -OCH3 is 1. The van der Waals surface area contributed by atoms with E-state index in [2.05, 4.69) is 4.99 Å². The van der Waals surface area contributed by atoms with Crippen molar-refractivity contribution in [2.45, 2.75) is 19.9 Å². The van der Waals surface area contributed by atoms with E-state index in [4.69, 9.17) is 13.9 Å². The second-order valence-corrected chi connectivity index (χ2v) is 7.98. The molecule has 0 aliphatic carbocycles. The van der Waals surface area contributed by atoms with E-state index in [1.165, 1.54) is 11.3 Å². The second-order valence-electron chi connectivity index (χ2n) is 6.97. The van der Waals surface area contributed by atoms with Gasteiger partial charge in [-0.1, -0.05) is 29.5 Å². The quantitative estimate of drug-likeness (QED) is 0.539. The van der Waals surface area contributed by atoms with Crippen LogP contribution in [0.25, 0.3) is 12.2 Å². The summed E-state index contributed by atoms with van der Waals surface area (Å²) in [7, 11) is 1.59. The minimum atomic E-state index is -0.646. The molecule has 4 rings (SSSR count). The van der Waals surface area contributed by atoms with Crippen LogP contribution in [0.1, 0.15) is 31.2 Å². The highest BCUT2D eigenvalue weighted by atomic mass is 32.1. The van der Waals surface area contributed by atoms with Gasteiger partial charge in [0, 0.05) is 0 Å². The first kappa shape index (κ1) is 21.6. The summed E-state index contributed by atoms with van der Waals surface area (Å²) in [6.45, 7) is 3.74. The van der Waals surface area contributed by atoms with Crippen molar-refractivity contribution in [1.82, 2.24) is 4.57 Å². The van der Waals surface area contributed by atoms with Crippen molar-refractivity contribution in [2.75, 3.05) is 13.7 Å². The number of furan rings is 1. The van der Waals surface area contributed by atoms with Crippen LogP contribution in [0.2, 0.25) is 0 Å². The normalized spacial score (nSPS) is 16.2. The molecule has 1 unspecified atom stereocenters. The van der Waals surface area contributed by atoms with Crippen molar-refractivity contribution in [2.24, 2.45) is 4.99 Å². The van der Waals surface area contributed by atoms with Crippen LogP contribution in [-0.2, 0) is 9.53 Å².